The topological polar surface area (TPSA) is 79.1 Å². The quantitative estimate of drug-likeness (QED) is 0.548. The molecule has 0 amide bonds. The fourth-order valence-electron chi connectivity index (χ4n) is 3.19. The van der Waals surface area contributed by atoms with Crippen LogP contribution in [0.2, 0.25) is 0 Å². The van der Waals surface area contributed by atoms with Crippen LogP contribution in [0.5, 0.6) is 5.88 Å². The van der Waals surface area contributed by atoms with Gasteiger partial charge in [0.1, 0.15) is 5.69 Å². The Morgan fingerprint density at radius 2 is 2.08 bits per heavy atom. The molecule has 26 heavy (non-hydrogen) atoms. The Labute approximate surface area is 150 Å². The third kappa shape index (κ3) is 2.75. The van der Waals surface area contributed by atoms with Crippen molar-refractivity contribution in [1.29, 1.82) is 0 Å². The first-order chi connectivity index (χ1) is 12.5. The van der Waals surface area contributed by atoms with Crippen LogP contribution in [0.15, 0.2) is 54.0 Å². The molecule has 0 unspecified atom stereocenters. The van der Waals surface area contributed by atoms with Gasteiger partial charge in [-0.25, -0.2) is 4.99 Å². The van der Waals surface area contributed by atoms with Crippen molar-refractivity contribution in [1.82, 2.24) is 19.7 Å². The predicted octanol–water partition coefficient (Wildman–Crippen LogP) is 4.12. The van der Waals surface area contributed by atoms with E-state index in [4.69, 9.17) is 0 Å². The van der Waals surface area contributed by atoms with Crippen LogP contribution in [0.25, 0.3) is 22.0 Å². The second kappa shape index (κ2) is 6.15. The highest BCUT2D eigenvalue weighted by Crippen LogP contribution is 2.33. The fourth-order valence-corrected chi connectivity index (χ4v) is 3.19. The molecular formula is C20H19N5O. The van der Waals surface area contributed by atoms with E-state index < -0.39 is 0 Å². The summed E-state index contributed by atoms with van der Waals surface area (Å²) in [5.41, 5.74) is 6.32. The largest absolute Gasteiger partial charge is 0.494 e. The van der Waals surface area contributed by atoms with Crippen LogP contribution in [0.3, 0.4) is 0 Å². The van der Waals surface area contributed by atoms with E-state index in [9.17, 15) is 5.11 Å². The number of hydrogen-bond donors (Lipinski definition) is 2. The lowest BCUT2D eigenvalue weighted by Crippen LogP contribution is -1.93. The van der Waals surface area contributed by atoms with Gasteiger partial charge in [0.2, 0.25) is 0 Å². The normalized spacial score (nSPS) is 12.0. The summed E-state index contributed by atoms with van der Waals surface area (Å²) in [6, 6.07) is 8.05. The number of aromatic nitrogens is 4. The van der Waals surface area contributed by atoms with E-state index in [0.717, 1.165) is 39.0 Å². The van der Waals surface area contributed by atoms with E-state index in [1.54, 1.807) is 17.1 Å². The Morgan fingerprint density at radius 1 is 1.23 bits per heavy atom. The summed E-state index contributed by atoms with van der Waals surface area (Å²) in [6.45, 7) is 3.95. The van der Waals surface area contributed by atoms with E-state index in [0.29, 0.717) is 5.56 Å². The molecule has 0 radical (unpaired) electrons. The van der Waals surface area contributed by atoms with Crippen LogP contribution in [0.4, 0.5) is 5.69 Å². The maximum atomic E-state index is 10.4. The summed E-state index contributed by atoms with van der Waals surface area (Å²) < 4.78 is 1.70. The molecule has 0 saturated heterocycles. The number of nitrogens with one attached hydrogen (secondary N) is 1. The van der Waals surface area contributed by atoms with Crippen molar-refractivity contribution >= 4 is 22.3 Å². The van der Waals surface area contributed by atoms with Gasteiger partial charge in [-0.1, -0.05) is 6.07 Å². The van der Waals surface area contributed by atoms with Crippen molar-refractivity contribution in [3.63, 3.8) is 0 Å². The highest BCUT2D eigenvalue weighted by Gasteiger charge is 2.15. The number of fused-ring (bicyclic) bond motifs is 1. The van der Waals surface area contributed by atoms with Crippen LogP contribution in [-0.2, 0) is 7.05 Å². The van der Waals surface area contributed by atoms with E-state index in [1.165, 1.54) is 0 Å². The van der Waals surface area contributed by atoms with Gasteiger partial charge >= 0.3 is 0 Å². The number of aromatic amines is 1. The van der Waals surface area contributed by atoms with Gasteiger partial charge in [-0.05, 0) is 43.2 Å². The molecule has 0 bridgehead atoms. The average molecular weight is 345 g/mol. The van der Waals surface area contributed by atoms with Crippen molar-refractivity contribution in [3.05, 3.63) is 60.2 Å². The van der Waals surface area contributed by atoms with Gasteiger partial charge in [-0.15, -0.1) is 0 Å². The molecule has 6 nitrogen and oxygen atoms in total. The first-order valence-electron chi connectivity index (χ1n) is 8.33. The molecule has 0 aliphatic heterocycles. The third-order valence-electron chi connectivity index (χ3n) is 4.48. The number of rotatable bonds is 3. The van der Waals surface area contributed by atoms with Gasteiger partial charge < -0.3 is 10.1 Å². The summed E-state index contributed by atoms with van der Waals surface area (Å²) in [6.07, 6.45) is 7.18. The lowest BCUT2D eigenvalue weighted by Gasteiger charge is -2.06. The molecule has 4 aromatic rings. The van der Waals surface area contributed by atoms with Crippen molar-refractivity contribution in [2.24, 2.45) is 12.0 Å². The second-order valence-electron chi connectivity index (χ2n) is 6.37. The van der Waals surface area contributed by atoms with E-state index >= 15 is 0 Å². The minimum atomic E-state index is 0.116. The highest BCUT2D eigenvalue weighted by atomic mass is 16.3. The molecule has 0 saturated carbocycles. The number of aryl methyl sites for hydroxylation is 2. The van der Waals surface area contributed by atoms with Gasteiger partial charge in [-0.3, -0.25) is 9.67 Å². The molecule has 0 fully saturated rings. The van der Waals surface area contributed by atoms with E-state index in [-0.39, 0.29) is 5.88 Å². The zero-order valence-corrected chi connectivity index (χ0v) is 14.9. The monoisotopic (exact) mass is 345 g/mol. The SMILES string of the molecule is CC(=Nc1cnn(C)c1)c1c(O)[nH]c2ccc(-c3cnccc3C)cc12. The predicted molar refractivity (Wildman–Crippen MR) is 103 cm³/mol. The van der Waals surface area contributed by atoms with E-state index in [2.05, 4.69) is 33.0 Å². The Morgan fingerprint density at radius 3 is 2.81 bits per heavy atom. The molecule has 6 heteroatoms. The Kier molecular flexibility index (Phi) is 3.80. The van der Waals surface area contributed by atoms with Gasteiger partial charge in [0.25, 0.3) is 0 Å². The molecule has 0 atom stereocenters. The number of pyridine rings is 1. The van der Waals surface area contributed by atoms with Gasteiger partial charge in [0.05, 0.1) is 23.7 Å². The van der Waals surface area contributed by atoms with Crippen molar-refractivity contribution in [3.8, 4) is 17.0 Å². The number of nitrogens with zero attached hydrogens (tertiary/aromatic N) is 4. The summed E-state index contributed by atoms with van der Waals surface area (Å²) in [5, 5.41) is 15.5. The van der Waals surface area contributed by atoms with Crippen molar-refractivity contribution in [2.45, 2.75) is 13.8 Å². The van der Waals surface area contributed by atoms with Crippen molar-refractivity contribution in [2.75, 3.05) is 0 Å². The summed E-state index contributed by atoms with van der Waals surface area (Å²) in [4.78, 5) is 11.9. The van der Waals surface area contributed by atoms with Crippen LogP contribution in [-0.4, -0.2) is 30.6 Å². The lowest BCUT2D eigenvalue weighted by atomic mass is 9.99. The number of H-pyrrole nitrogens is 1. The molecular weight excluding hydrogens is 326 g/mol. The minimum Gasteiger partial charge on any atom is -0.494 e. The number of hydrogen-bond acceptors (Lipinski definition) is 4. The summed E-state index contributed by atoms with van der Waals surface area (Å²) in [5.74, 6) is 0.116. The minimum absolute atomic E-state index is 0.116. The number of aromatic hydroxyl groups is 1. The lowest BCUT2D eigenvalue weighted by molar-refractivity contribution is 0.457. The molecule has 0 spiro atoms. The summed E-state index contributed by atoms with van der Waals surface area (Å²) >= 11 is 0. The van der Waals surface area contributed by atoms with Crippen molar-refractivity contribution < 1.29 is 5.11 Å². The van der Waals surface area contributed by atoms with Crippen LogP contribution < -0.4 is 0 Å². The Hall–Kier alpha value is -3.41. The number of benzene rings is 1. The first kappa shape index (κ1) is 16.1. The zero-order valence-electron chi connectivity index (χ0n) is 14.9. The Balaban J connectivity index is 1.87. The molecule has 4 rings (SSSR count). The number of aliphatic imine (C=N–C) groups is 1. The fraction of sp³-hybridized carbons (Fsp3) is 0.150. The molecule has 0 aliphatic carbocycles. The summed E-state index contributed by atoms with van der Waals surface area (Å²) in [7, 11) is 1.85. The maximum absolute atomic E-state index is 10.4. The highest BCUT2D eigenvalue weighted by molar-refractivity contribution is 6.13. The molecule has 3 heterocycles. The Bertz CT molecular complexity index is 1140. The maximum Gasteiger partial charge on any atom is 0.198 e. The zero-order chi connectivity index (χ0) is 18.3. The van der Waals surface area contributed by atoms with Gasteiger partial charge in [0.15, 0.2) is 5.88 Å². The molecule has 130 valence electrons. The van der Waals surface area contributed by atoms with Crippen LogP contribution in [0.1, 0.15) is 18.1 Å². The molecule has 1 aromatic carbocycles. The molecule has 0 aliphatic rings. The molecule has 2 N–H and O–H groups in total. The van der Waals surface area contributed by atoms with Gasteiger partial charge in [0, 0.05) is 35.9 Å². The average Bonchev–Trinajstić information content (AvgIpc) is 3.16. The standard InChI is InChI=1S/C20H19N5O/c1-12-6-7-21-10-17(12)14-4-5-18-16(8-14)19(20(26)24-18)13(2)23-15-9-22-25(3)11-15/h4-11,24,26H,1-3H3. The van der Waals surface area contributed by atoms with Crippen LogP contribution in [0, 0.1) is 6.92 Å². The molecule has 3 aromatic heterocycles. The van der Waals surface area contributed by atoms with Gasteiger partial charge in [-0.2, -0.15) is 5.10 Å². The third-order valence-corrected chi connectivity index (χ3v) is 4.48. The first-order valence-corrected chi connectivity index (χ1v) is 8.33. The van der Waals surface area contributed by atoms with Crippen LogP contribution >= 0.6 is 0 Å². The second-order valence-corrected chi connectivity index (χ2v) is 6.37. The van der Waals surface area contributed by atoms with E-state index in [1.807, 2.05) is 44.6 Å². The smallest absolute Gasteiger partial charge is 0.198 e.